The Morgan fingerprint density at radius 1 is 0.814 bits per heavy atom. The lowest BCUT2D eigenvalue weighted by Gasteiger charge is -2.34. The van der Waals surface area contributed by atoms with Crippen LogP contribution in [0.15, 0.2) is 108 Å². The van der Waals surface area contributed by atoms with Gasteiger partial charge in [0.1, 0.15) is 12.6 Å². The highest BCUT2D eigenvalue weighted by Gasteiger charge is 2.35. The number of likely N-dealkylation sites (N-methyl/N-ethyl adjacent to an activating group) is 1. The number of amides is 2. The molecule has 4 aromatic carbocycles. The molecule has 1 atom stereocenters. The molecule has 4 rings (SSSR count). The lowest BCUT2D eigenvalue weighted by atomic mass is 10.0. The van der Waals surface area contributed by atoms with Crippen LogP contribution in [0.3, 0.4) is 0 Å². The SMILES string of the molecule is CCNC(=O)[C@@H](Cc1ccccc1)N(Cc1c(Cl)cccc1Cl)C(=O)CN(c1ccccc1)S(=O)(=O)c1ccc(C)cc1. The molecule has 7 nitrogen and oxygen atoms in total. The van der Waals surface area contributed by atoms with Gasteiger partial charge in [0.15, 0.2) is 0 Å². The van der Waals surface area contributed by atoms with Gasteiger partial charge in [0.25, 0.3) is 10.0 Å². The van der Waals surface area contributed by atoms with Crippen molar-refractivity contribution in [2.75, 3.05) is 17.4 Å². The van der Waals surface area contributed by atoms with E-state index < -0.39 is 28.5 Å². The number of nitrogens with one attached hydrogen (secondary N) is 1. The van der Waals surface area contributed by atoms with Crippen LogP contribution in [-0.2, 0) is 32.6 Å². The number of rotatable bonds is 12. The van der Waals surface area contributed by atoms with Crippen LogP contribution < -0.4 is 9.62 Å². The van der Waals surface area contributed by atoms with E-state index in [4.69, 9.17) is 23.2 Å². The molecule has 0 saturated carbocycles. The first-order chi connectivity index (χ1) is 20.6. The van der Waals surface area contributed by atoms with E-state index in [1.165, 1.54) is 17.0 Å². The molecule has 1 N–H and O–H groups in total. The molecule has 2 amide bonds. The number of halogens is 2. The van der Waals surface area contributed by atoms with E-state index in [2.05, 4.69) is 5.32 Å². The summed E-state index contributed by atoms with van der Waals surface area (Å²) in [6.07, 6.45) is 0.191. The quantitative estimate of drug-likeness (QED) is 0.198. The van der Waals surface area contributed by atoms with Crippen molar-refractivity contribution in [2.24, 2.45) is 0 Å². The topological polar surface area (TPSA) is 86.8 Å². The third-order valence-electron chi connectivity index (χ3n) is 6.94. The molecule has 0 aliphatic rings. The standard InChI is InChI=1S/C33H33Cl2N3O4S/c1-3-36-33(40)31(21-25-11-6-4-7-12-25)37(22-28-29(34)15-10-16-30(28)35)32(39)23-38(26-13-8-5-9-14-26)43(41,42)27-19-17-24(2)18-20-27/h4-20,31H,3,21-23H2,1-2H3,(H,36,40)/t31-/m1/s1. The van der Waals surface area contributed by atoms with Crippen LogP contribution in [0.1, 0.15) is 23.6 Å². The number of benzene rings is 4. The van der Waals surface area contributed by atoms with Gasteiger partial charge in [-0.05, 0) is 55.8 Å². The highest BCUT2D eigenvalue weighted by atomic mass is 35.5. The molecule has 0 spiro atoms. The summed E-state index contributed by atoms with van der Waals surface area (Å²) >= 11 is 13.0. The lowest BCUT2D eigenvalue weighted by molar-refractivity contribution is -0.140. The van der Waals surface area contributed by atoms with Gasteiger partial charge in [-0.2, -0.15) is 0 Å². The molecule has 0 fully saturated rings. The Hall–Kier alpha value is -3.85. The fraction of sp³-hybridized carbons (Fsp3) is 0.212. The van der Waals surface area contributed by atoms with E-state index in [1.54, 1.807) is 67.6 Å². The van der Waals surface area contributed by atoms with Gasteiger partial charge in [-0.3, -0.25) is 13.9 Å². The zero-order chi connectivity index (χ0) is 31.0. The number of nitrogens with zero attached hydrogens (tertiary/aromatic N) is 2. The van der Waals surface area contributed by atoms with Crippen LogP contribution in [0.25, 0.3) is 0 Å². The Morgan fingerprint density at radius 2 is 1.40 bits per heavy atom. The molecule has 0 aromatic heterocycles. The Labute approximate surface area is 263 Å². The van der Waals surface area contributed by atoms with Crippen LogP contribution in [0, 0.1) is 6.92 Å². The molecule has 224 valence electrons. The van der Waals surface area contributed by atoms with Crippen LogP contribution >= 0.6 is 23.2 Å². The van der Waals surface area contributed by atoms with E-state index in [-0.39, 0.29) is 23.8 Å². The molecule has 0 heterocycles. The molecule has 0 bridgehead atoms. The third kappa shape index (κ3) is 7.96. The number of para-hydroxylation sites is 1. The van der Waals surface area contributed by atoms with Gasteiger partial charge in [0.2, 0.25) is 11.8 Å². The second kappa shape index (κ2) is 14.6. The van der Waals surface area contributed by atoms with Crippen LogP contribution in [0.4, 0.5) is 5.69 Å². The molecule has 10 heteroatoms. The minimum atomic E-state index is -4.17. The summed E-state index contributed by atoms with van der Waals surface area (Å²) in [5, 5.41) is 3.48. The van der Waals surface area contributed by atoms with Gasteiger partial charge >= 0.3 is 0 Å². The van der Waals surface area contributed by atoms with E-state index >= 15 is 0 Å². The fourth-order valence-corrected chi connectivity index (χ4v) is 6.59. The van der Waals surface area contributed by atoms with Crippen LogP contribution in [0.2, 0.25) is 10.0 Å². The van der Waals surface area contributed by atoms with Crippen molar-refractivity contribution in [3.63, 3.8) is 0 Å². The van der Waals surface area contributed by atoms with E-state index in [0.717, 1.165) is 15.4 Å². The van der Waals surface area contributed by atoms with Crippen molar-refractivity contribution in [3.8, 4) is 0 Å². The number of sulfonamides is 1. The average molecular weight is 639 g/mol. The fourth-order valence-electron chi connectivity index (χ4n) is 4.66. The molecular formula is C33H33Cl2N3O4S. The van der Waals surface area contributed by atoms with Gasteiger partial charge in [-0.15, -0.1) is 0 Å². The maximum absolute atomic E-state index is 14.4. The van der Waals surface area contributed by atoms with Crippen molar-refractivity contribution in [1.82, 2.24) is 10.2 Å². The summed E-state index contributed by atoms with van der Waals surface area (Å²) in [7, 11) is -4.17. The summed E-state index contributed by atoms with van der Waals surface area (Å²) in [4.78, 5) is 29.3. The number of carbonyl (C=O) groups excluding carboxylic acids is 2. The van der Waals surface area contributed by atoms with Crippen molar-refractivity contribution < 1.29 is 18.0 Å². The number of hydrogen-bond acceptors (Lipinski definition) is 4. The maximum atomic E-state index is 14.4. The lowest BCUT2D eigenvalue weighted by Crippen LogP contribution is -2.53. The van der Waals surface area contributed by atoms with Crippen molar-refractivity contribution in [2.45, 2.75) is 37.8 Å². The molecule has 0 aliphatic carbocycles. The van der Waals surface area contributed by atoms with Gasteiger partial charge < -0.3 is 10.2 Å². The Bertz CT molecular complexity index is 1630. The normalized spacial score (nSPS) is 11.9. The summed E-state index contributed by atoms with van der Waals surface area (Å²) < 4.78 is 29.1. The van der Waals surface area contributed by atoms with Crippen LogP contribution in [-0.4, -0.2) is 44.3 Å². The number of hydrogen-bond donors (Lipinski definition) is 1. The first kappa shape index (κ1) is 32.1. The molecule has 0 radical (unpaired) electrons. The number of anilines is 1. The maximum Gasteiger partial charge on any atom is 0.264 e. The smallest absolute Gasteiger partial charge is 0.264 e. The summed E-state index contributed by atoms with van der Waals surface area (Å²) in [6.45, 7) is 3.32. The summed E-state index contributed by atoms with van der Waals surface area (Å²) in [5.41, 5.74) is 2.49. The molecular weight excluding hydrogens is 605 g/mol. The van der Waals surface area contributed by atoms with Crippen LogP contribution in [0.5, 0.6) is 0 Å². The molecule has 4 aromatic rings. The first-order valence-electron chi connectivity index (χ1n) is 13.8. The monoisotopic (exact) mass is 637 g/mol. The molecule has 43 heavy (non-hydrogen) atoms. The minimum absolute atomic E-state index is 0.0417. The predicted molar refractivity (Wildman–Crippen MR) is 172 cm³/mol. The first-order valence-corrected chi connectivity index (χ1v) is 16.0. The van der Waals surface area contributed by atoms with Gasteiger partial charge in [0, 0.05) is 35.1 Å². The highest BCUT2D eigenvalue weighted by molar-refractivity contribution is 7.92. The summed E-state index contributed by atoms with van der Waals surface area (Å²) in [5.74, 6) is -0.974. The zero-order valence-corrected chi connectivity index (χ0v) is 26.2. The predicted octanol–water partition coefficient (Wildman–Crippen LogP) is 6.27. The van der Waals surface area contributed by atoms with Crippen molar-refractivity contribution >= 4 is 50.7 Å². The second-order valence-corrected chi connectivity index (χ2v) is 12.7. The Balaban J connectivity index is 1.81. The van der Waals surface area contributed by atoms with Crippen molar-refractivity contribution in [3.05, 3.63) is 130 Å². The Kier molecular flexibility index (Phi) is 10.9. The minimum Gasteiger partial charge on any atom is -0.355 e. The van der Waals surface area contributed by atoms with Gasteiger partial charge in [0.05, 0.1) is 10.6 Å². The number of aryl methyl sites for hydroxylation is 1. The molecule has 0 unspecified atom stereocenters. The largest absolute Gasteiger partial charge is 0.355 e. The van der Waals surface area contributed by atoms with Gasteiger partial charge in [-0.1, -0.05) is 95.5 Å². The highest BCUT2D eigenvalue weighted by Crippen LogP contribution is 2.29. The van der Waals surface area contributed by atoms with E-state index in [9.17, 15) is 18.0 Å². The number of carbonyl (C=O) groups is 2. The van der Waals surface area contributed by atoms with Gasteiger partial charge in [-0.25, -0.2) is 8.42 Å². The second-order valence-electron chi connectivity index (χ2n) is 9.98. The van der Waals surface area contributed by atoms with E-state index in [0.29, 0.717) is 27.8 Å². The summed E-state index contributed by atoms with van der Waals surface area (Å²) in [6, 6.07) is 28.2. The molecule has 0 saturated heterocycles. The third-order valence-corrected chi connectivity index (χ3v) is 9.44. The van der Waals surface area contributed by atoms with E-state index in [1.807, 2.05) is 37.3 Å². The Morgan fingerprint density at radius 3 is 1.98 bits per heavy atom. The van der Waals surface area contributed by atoms with Crippen molar-refractivity contribution in [1.29, 1.82) is 0 Å². The molecule has 0 aliphatic heterocycles. The average Bonchev–Trinajstić information content (AvgIpc) is 3.00. The zero-order valence-electron chi connectivity index (χ0n) is 23.9.